The molecule has 0 fully saturated rings. The normalized spacial score (nSPS) is 11.1. The van der Waals surface area contributed by atoms with E-state index in [1.165, 1.54) is 10.4 Å². The van der Waals surface area contributed by atoms with E-state index >= 15 is 0 Å². The van der Waals surface area contributed by atoms with Crippen molar-refractivity contribution in [3.8, 4) is 11.3 Å². The molecule has 0 saturated carbocycles. The molecule has 0 atom stereocenters. The summed E-state index contributed by atoms with van der Waals surface area (Å²) >= 11 is 1.76. The van der Waals surface area contributed by atoms with Crippen molar-refractivity contribution >= 4 is 16.3 Å². The van der Waals surface area contributed by atoms with E-state index in [0.29, 0.717) is 0 Å². The third kappa shape index (κ3) is 1.53. The third-order valence-corrected chi connectivity index (χ3v) is 3.76. The topological polar surface area (TPSA) is 17.3 Å². The molecule has 0 amide bonds. The molecule has 0 bridgehead atoms. The average Bonchev–Trinajstić information content (AvgIpc) is 2.87. The minimum Gasteiger partial charge on any atom is -0.297 e. The maximum atomic E-state index is 4.63. The minimum absolute atomic E-state index is 1.05. The summed E-state index contributed by atoms with van der Waals surface area (Å²) in [6, 6.07) is 10.3. The molecule has 2 aromatic heterocycles. The Kier molecular flexibility index (Phi) is 2.26. The lowest BCUT2D eigenvalue weighted by molar-refractivity contribution is 1.13. The average molecular weight is 228 g/mol. The van der Waals surface area contributed by atoms with Crippen LogP contribution in [0.15, 0.2) is 42.7 Å². The summed E-state index contributed by atoms with van der Waals surface area (Å²) in [5, 5.41) is 0. The predicted molar refractivity (Wildman–Crippen MR) is 67.9 cm³/mol. The van der Waals surface area contributed by atoms with Crippen molar-refractivity contribution in [2.45, 2.75) is 13.3 Å². The van der Waals surface area contributed by atoms with Gasteiger partial charge in [0.05, 0.1) is 5.69 Å². The quantitative estimate of drug-likeness (QED) is 0.654. The Morgan fingerprint density at radius 3 is 2.69 bits per heavy atom. The summed E-state index contributed by atoms with van der Waals surface area (Å²) in [4.78, 5) is 7.09. The number of fused-ring (bicyclic) bond motifs is 1. The van der Waals surface area contributed by atoms with Gasteiger partial charge >= 0.3 is 0 Å². The Morgan fingerprint density at radius 2 is 2.00 bits per heavy atom. The zero-order chi connectivity index (χ0) is 11.0. The van der Waals surface area contributed by atoms with Crippen LogP contribution in [-0.4, -0.2) is 9.38 Å². The van der Waals surface area contributed by atoms with Gasteiger partial charge in [0, 0.05) is 22.8 Å². The lowest BCUT2D eigenvalue weighted by atomic mass is 10.2. The van der Waals surface area contributed by atoms with Gasteiger partial charge in [0.15, 0.2) is 4.96 Å². The van der Waals surface area contributed by atoms with Crippen LogP contribution in [0, 0.1) is 0 Å². The third-order valence-electron chi connectivity index (χ3n) is 2.62. The maximum Gasteiger partial charge on any atom is 0.194 e. The van der Waals surface area contributed by atoms with Gasteiger partial charge in [-0.05, 0) is 6.42 Å². The van der Waals surface area contributed by atoms with E-state index in [1.807, 2.05) is 18.2 Å². The second-order valence-corrected chi connectivity index (χ2v) is 4.83. The fraction of sp³-hybridized carbons (Fsp3) is 0.154. The first-order chi connectivity index (χ1) is 7.86. The fourth-order valence-electron chi connectivity index (χ4n) is 1.75. The lowest BCUT2D eigenvalue weighted by Crippen LogP contribution is -1.76. The first kappa shape index (κ1) is 9.60. The number of hydrogen-bond acceptors (Lipinski definition) is 2. The highest BCUT2D eigenvalue weighted by atomic mass is 32.1. The zero-order valence-corrected chi connectivity index (χ0v) is 9.87. The second-order valence-electron chi connectivity index (χ2n) is 3.73. The number of nitrogens with zero attached hydrogens (tertiary/aromatic N) is 2. The molecule has 0 aliphatic carbocycles. The standard InChI is InChI=1S/C13H12N2S/c1-2-11-8-15-9-12(14-13(15)16-11)10-6-4-3-5-7-10/h3-9H,2H2,1H3. The molecule has 80 valence electrons. The van der Waals surface area contributed by atoms with E-state index in [1.54, 1.807) is 11.3 Å². The van der Waals surface area contributed by atoms with Gasteiger partial charge in [0.25, 0.3) is 0 Å². The first-order valence-electron chi connectivity index (χ1n) is 5.39. The van der Waals surface area contributed by atoms with Gasteiger partial charge in [-0.25, -0.2) is 4.98 Å². The summed E-state index contributed by atoms with van der Waals surface area (Å²) in [5.74, 6) is 0. The monoisotopic (exact) mass is 228 g/mol. The van der Waals surface area contributed by atoms with Gasteiger partial charge in [-0.3, -0.25) is 4.40 Å². The fourth-order valence-corrected chi connectivity index (χ4v) is 2.65. The van der Waals surface area contributed by atoms with Gasteiger partial charge < -0.3 is 0 Å². The minimum atomic E-state index is 1.05. The molecule has 2 heterocycles. The summed E-state index contributed by atoms with van der Waals surface area (Å²) < 4.78 is 2.12. The summed E-state index contributed by atoms with van der Waals surface area (Å²) in [5.41, 5.74) is 2.23. The van der Waals surface area contributed by atoms with E-state index in [2.05, 4.69) is 40.8 Å². The van der Waals surface area contributed by atoms with Crippen LogP contribution in [0.4, 0.5) is 0 Å². The number of imidazole rings is 1. The summed E-state index contributed by atoms with van der Waals surface area (Å²) in [6.45, 7) is 2.17. The van der Waals surface area contributed by atoms with Crippen LogP contribution in [-0.2, 0) is 6.42 Å². The number of thiazole rings is 1. The van der Waals surface area contributed by atoms with Gasteiger partial charge in [0.1, 0.15) is 0 Å². The second kappa shape index (κ2) is 3.76. The Labute approximate surface area is 98.2 Å². The smallest absolute Gasteiger partial charge is 0.194 e. The van der Waals surface area contributed by atoms with E-state index in [-0.39, 0.29) is 0 Å². The summed E-state index contributed by atoms with van der Waals surface area (Å²) in [7, 11) is 0. The molecule has 1 aromatic carbocycles. The van der Waals surface area contributed by atoms with Crippen LogP contribution in [0.5, 0.6) is 0 Å². The number of hydrogen-bond donors (Lipinski definition) is 0. The zero-order valence-electron chi connectivity index (χ0n) is 9.05. The molecule has 3 rings (SSSR count). The first-order valence-corrected chi connectivity index (χ1v) is 6.21. The Morgan fingerprint density at radius 1 is 1.19 bits per heavy atom. The van der Waals surface area contributed by atoms with Gasteiger partial charge in [-0.1, -0.05) is 37.3 Å². The highest BCUT2D eigenvalue weighted by molar-refractivity contribution is 7.17. The Bertz CT molecular complexity index is 576. The predicted octanol–water partition coefficient (Wildman–Crippen LogP) is 3.63. The Hall–Kier alpha value is -1.61. The molecule has 0 unspecified atom stereocenters. The molecule has 0 aliphatic heterocycles. The van der Waals surface area contributed by atoms with E-state index in [0.717, 1.165) is 17.1 Å². The van der Waals surface area contributed by atoms with Crippen LogP contribution in [0.2, 0.25) is 0 Å². The van der Waals surface area contributed by atoms with E-state index in [9.17, 15) is 0 Å². The molecule has 2 nitrogen and oxygen atoms in total. The number of rotatable bonds is 2. The van der Waals surface area contributed by atoms with Crippen molar-refractivity contribution in [3.05, 3.63) is 47.6 Å². The van der Waals surface area contributed by atoms with Gasteiger partial charge in [-0.15, -0.1) is 11.3 Å². The van der Waals surface area contributed by atoms with Crippen molar-refractivity contribution in [1.29, 1.82) is 0 Å². The van der Waals surface area contributed by atoms with Gasteiger partial charge in [-0.2, -0.15) is 0 Å². The molecule has 16 heavy (non-hydrogen) atoms. The molecule has 0 radical (unpaired) electrons. The molecule has 3 aromatic rings. The van der Waals surface area contributed by atoms with Gasteiger partial charge in [0.2, 0.25) is 0 Å². The van der Waals surface area contributed by atoms with Crippen molar-refractivity contribution < 1.29 is 0 Å². The lowest BCUT2D eigenvalue weighted by Gasteiger charge is -1.93. The largest absolute Gasteiger partial charge is 0.297 e. The SMILES string of the molecule is CCc1cn2cc(-c3ccccc3)nc2s1. The highest BCUT2D eigenvalue weighted by Gasteiger charge is 2.06. The molecule has 0 aliphatic rings. The van der Waals surface area contributed by atoms with Crippen molar-refractivity contribution in [2.75, 3.05) is 0 Å². The van der Waals surface area contributed by atoms with Crippen molar-refractivity contribution in [3.63, 3.8) is 0 Å². The molecular formula is C13H12N2S. The van der Waals surface area contributed by atoms with Crippen LogP contribution in [0.1, 0.15) is 11.8 Å². The van der Waals surface area contributed by atoms with Crippen molar-refractivity contribution in [1.82, 2.24) is 9.38 Å². The molecule has 0 spiro atoms. The molecule has 3 heteroatoms. The van der Waals surface area contributed by atoms with Crippen molar-refractivity contribution in [2.24, 2.45) is 0 Å². The number of aromatic nitrogens is 2. The Balaban J connectivity index is 2.10. The van der Waals surface area contributed by atoms with Crippen LogP contribution < -0.4 is 0 Å². The van der Waals surface area contributed by atoms with E-state index in [4.69, 9.17) is 0 Å². The molecular weight excluding hydrogens is 216 g/mol. The van der Waals surface area contributed by atoms with Crippen LogP contribution in [0.3, 0.4) is 0 Å². The van der Waals surface area contributed by atoms with E-state index < -0.39 is 0 Å². The van der Waals surface area contributed by atoms with Crippen LogP contribution in [0.25, 0.3) is 16.2 Å². The number of benzene rings is 1. The van der Waals surface area contributed by atoms with Crippen LogP contribution >= 0.6 is 11.3 Å². The molecule has 0 saturated heterocycles. The number of aryl methyl sites for hydroxylation is 1. The summed E-state index contributed by atoms with van der Waals surface area (Å²) in [6.07, 6.45) is 5.34. The molecule has 0 N–H and O–H groups in total. The highest BCUT2D eigenvalue weighted by Crippen LogP contribution is 2.23. The maximum absolute atomic E-state index is 4.63.